The zero-order valence-electron chi connectivity index (χ0n) is 15.2. The van der Waals surface area contributed by atoms with Gasteiger partial charge in [-0.3, -0.25) is 9.59 Å². The third-order valence-electron chi connectivity index (χ3n) is 4.78. The zero-order valence-corrected chi connectivity index (χ0v) is 16.0. The van der Waals surface area contributed by atoms with E-state index >= 15 is 0 Å². The number of ether oxygens (including phenoxy) is 1. The molecule has 0 heterocycles. The number of hydrogen-bond donors (Lipinski definition) is 2. The summed E-state index contributed by atoms with van der Waals surface area (Å²) >= 11 is 5.95. The lowest BCUT2D eigenvalue weighted by Gasteiger charge is -2.30. The van der Waals surface area contributed by atoms with Gasteiger partial charge in [-0.2, -0.15) is 0 Å². The first-order chi connectivity index (χ1) is 13.0. The van der Waals surface area contributed by atoms with Crippen LogP contribution in [0.4, 0.5) is 0 Å². The van der Waals surface area contributed by atoms with E-state index in [-0.39, 0.29) is 23.9 Å². The van der Waals surface area contributed by atoms with Crippen molar-refractivity contribution in [3.05, 3.63) is 64.7 Å². The molecule has 2 amide bonds. The molecule has 0 bridgehead atoms. The van der Waals surface area contributed by atoms with Gasteiger partial charge in [0.1, 0.15) is 5.75 Å². The van der Waals surface area contributed by atoms with Crippen molar-refractivity contribution in [1.82, 2.24) is 10.6 Å². The van der Waals surface area contributed by atoms with Crippen molar-refractivity contribution in [2.45, 2.75) is 37.8 Å². The lowest BCUT2D eigenvalue weighted by molar-refractivity contribution is 0.0903. The fourth-order valence-corrected chi connectivity index (χ4v) is 3.55. The summed E-state index contributed by atoms with van der Waals surface area (Å²) in [6.45, 7) is 0. The molecule has 1 aliphatic rings. The minimum atomic E-state index is -0.135. The van der Waals surface area contributed by atoms with E-state index in [1.807, 2.05) is 0 Å². The SMILES string of the molecule is COc1ccc(C(=O)N[C@H]2CCC[C@H](NC(=O)c3cccc(Cl)c3)C2)cc1. The summed E-state index contributed by atoms with van der Waals surface area (Å²) in [6, 6.07) is 14.0. The van der Waals surface area contributed by atoms with Gasteiger partial charge in [0, 0.05) is 28.2 Å². The highest BCUT2D eigenvalue weighted by atomic mass is 35.5. The number of rotatable bonds is 5. The Morgan fingerprint density at radius 2 is 1.59 bits per heavy atom. The first-order valence-corrected chi connectivity index (χ1v) is 9.44. The maximum absolute atomic E-state index is 12.4. The molecule has 6 heteroatoms. The van der Waals surface area contributed by atoms with E-state index in [1.54, 1.807) is 55.6 Å². The number of amides is 2. The number of hydrogen-bond acceptors (Lipinski definition) is 3. The molecule has 0 aliphatic heterocycles. The first kappa shape index (κ1) is 19.2. The van der Waals surface area contributed by atoms with Gasteiger partial charge in [-0.05, 0) is 68.1 Å². The second-order valence-electron chi connectivity index (χ2n) is 6.75. The van der Waals surface area contributed by atoms with Crippen molar-refractivity contribution in [3.63, 3.8) is 0 Å². The Bertz CT molecular complexity index is 807. The molecule has 0 spiro atoms. The van der Waals surface area contributed by atoms with Gasteiger partial charge in [-0.1, -0.05) is 17.7 Å². The Morgan fingerprint density at radius 3 is 2.19 bits per heavy atom. The largest absolute Gasteiger partial charge is 0.497 e. The number of benzene rings is 2. The second kappa shape index (κ2) is 8.91. The number of carbonyl (C=O) groups is 2. The Morgan fingerprint density at radius 1 is 0.963 bits per heavy atom. The van der Waals surface area contributed by atoms with Crippen molar-refractivity contribution in [2.24, 2.45) is 0 Å². The average molecular weight is 387 g/mol. The third-order valence-corrected chi connectivity index (χ3v) is 5.02. The van der Waals surface area contributed by atoms with E-state index in [0.717, 1.165) is 19.3 Å². The highest BCUT2D eigenvalue weighted by Crippen LogP contribution is 2.20. The number of nitrogens with one attached hydrogen (secondary N) is 2. The summed E-state index contributed by atoms with van der Waals surface area (Å²) in [6.07, 6.45) is 3.48. The summed E-state index contributed by atoms with van der Waals surface area (Å²) in [4.78, 5) is 24.9. The normalized spacial score (nSPS) is 19.2. The van der Waals surface area contributed by atoms with Gasteiger partial charge in [0.05, 0.1) is 7.11 Å². The molecule has 0 aromatic heterocycles. The van der Waals surface area contributed by atoms with Crippen molar-refractivity contribution in [3.8, 4) is 5.75 Å². The molecule has 0 saturated heterocycles. The molecular weight excluding hydrogens is 364 g/mol. The van der Waals surface area contributed by atoms with Gasteiger partial charge in [-0.15, -0.1) is 0 Å². The van der Waals surface area contributed by atoms with Crippen LogP contribution >= 0.6 is 11.6 Å². The third kappa shape index (κ3) is 5.23. The quantitative estimate of drug-likeness (QED) is 0.820. The summed E-state index contributed by atoms with van der Waals surface area (Å²) in [5, 5.41) is 6.67. The van der Waals surface area contributed by atoms with E-state index in [4.69, 9.17) is 16.3 Å². The van der Waals surface area contributed by atoms with Gasteiger partial charge >= 0.3 is 0 Å². The van der Waals surface area contributed by atoms with E-state index in [0.29, 0.717) is 28.3 Å². The topological polar surface area (TPSA) is 67.4 Å². The van der Waals surface area contributed by atoms with Gasteiger partial charge in [0.15, 0.2) is 0 Å². The van der Waals surface area contributed by atoms with Crippen LogP contribution in [0.2, 0.25) is 5.02 Å². The molecule has 1 fully saturated rings. The lowest BCUT2D eigenvalue weighted by atomic mass is 9.90. The van der Waals surface area contributed by atoms with Gasteiger partial charge in [0.2, 0.25) is 0 Å². The molecule has 1 aliphatic carbocycles. The molecule has 142 valence electrons. The number of carbonyl (C=O) groups excluding carboxylic acids is 2. The monoisotopic (exact) mass is 386 g/mol. The first-order valence-electron chi connectivity index (χ1n) is 9.06. The van der Waals surface area contributed by atoms with Crippen LogP contribution in [0.1, 0.15) is 46.4 Å². The summed E-state index contributed by atoms with van der Waals surface area (Å²) in [7, 11) is 1.59. The molecule has 0 radical (unpaired) electrons. The van der Waals surface area contributed by atoms with Gasteiger partial charge < -0.3 is 15.4 Å². The average Bonchev–Trinajstić information content (AvgIpc) is 2.68. The molecule has 2 aromatic carbocycles. The van der Waals surface area contributed by atoms with Crippen molar-refractivity contribution in [2.75, 3.05) is 7.11 Å². The van der Waals surface area contributed by atoms with Crippen LogP contribution in [0.25, 0.3) is 0 Å². The summed E-state index contributed by atoms with van der Waals surface area (Å²) in [5.74, 6) is 0.474. The van der Waals surface area contributed by atoms with Crippen LogP contribution < -0.4 is 15.4 Å². The molecule has 1 saturated carbocycles. The highest BCUT2D eigenvalue weighted by molar-refractivity contribution is 6.30. The van der Waals surface area contributed by atoms with Crippen LogP contribution in [-0.2, 0) is 0 Å². The fourth-order valence-electron chi connectivity index (χ4n) is 3.36. The van der Waals surface area contributed by atoms with Crippen molar-refractivity contribution < 1.29 is 14.3 Å². The molecule has 3 rings (SSSR count). The minimum Gasteiger partial charge on any atom is -0.497 e. The molecule has 27 heavy (non-hydrogen) atoms. The standard InChI is InChI=1S/C21H23ClN2O3/c1-27-19-10-8-14(9-11-19)20(25)23-17-6-3-7-18(13-17)24-21(26)15-4-2-5-16(22)12-15/h2,4-5,8-12,17-18H,3,6-7,13H2,1H3,(H,23,25)(H,24,26)/t17-,18-/m0/s1. The van der Waals surface area contributed by atoms with E-state index in [9.17, 15) is 9.59 Å². The zero-order chi connectivity index (χ0) is 19.2. The maximum atomic E-state index is 12.4. The Kier molecular flexibility index (Phi) is 6.35. The summed E-state index contributed by atoms with van der Waals surface area (Å²) < 4.78 is 5.11. The van der Waals surface area contributed by atoms with Crippen LogP contribution in [-0.4, -0.2) is 31.0 Å². The predicted octanol–water partition coefficient (Wildman–Crippen LogP) is 3.82. The summed E-state index contributed by atoms with van der Waals surface area (Å²) in [5.41, 5.74) is 1.15. The Balaban J connectivity index is 1.55. The van der Waals surface area contributed by atoms with Crippen LogP contribution in [0, 0.1) is 0 Å². The molecular formula is C21H23ClN2O3. The van der Waals surface area contributed by atoms with Crippen LogP contribution in [0.3, 0.4) is 0 Å². The van der Waals surface area contributed by atoms with Crippen LogP contribution in [0.5, 0.6) is 5.75 Å². The molecule has 5 nitrogen and oxygen atoms in total. The minimum absolute atomic E-state index is 0.0337. The Hall–Kier alpha value is -2.53. The Labute approximate surface area is 164 Å². The maximum Gasteiger partial charge on any atom is 0.251 e. The van der Waals surface area contributed by atoms with Crippen molar-refractivity contribution in [1.29, 1.82) is 0 Å². The predicted molar refractivity (Wildman–Crippen MR) is 105 cm³/mol. The van der Waals surface area contributed by atoms with E-state index in [2.05, 4.69) is 10.6 Å². The highest BCUT2D eigenvalue weighted by Gasteiger charge is 2.25. The molecule has 2 atom stereocenters. The number of halogens is 1. The molecule has 2 N–H and O–H groups in total. The number of methoxy groups -OCH3 is 1. The smallest absolute Gasteiger partial charge is 0.251 e. The molecule has 0 unspecified atom stereocenters. The van der Waals surface area contributed by atoms with Gasteiger partial charge in [-0.25, -0.2) is 0 Å². The van der Waals surface area contributed by atoms with E-state index in [1.165, 1.54) is 0 Å². The van der Waals surface area contributed by atoms with E-state index < -0.39 is 0 Å². The van der Waals surface area contributed by atoms with Crippen molar-refractivity contribution >= 4 is 23.4 Å². The fraction of sp³-hybridized carbons (Fsp3) is 0.333. The van der Waals surface area contributed by atoms with Crippen LogP contribution in [0.15, 0.2) is 48.5 Å². The molecule has 2 aromatic rings. The van der Waals surface area contributed by atoms with Gasteiger partial charge in [0.25, 0.3) is 11.8 Å². The lowest BCUT2D eigenvalue weighted by Crippen LogP contribution is -2.45. The second-order valence-corrected chi connectivity index (χ2v) is 7.18.